The molecule has 0 aromatic carbocycles. The highest BCUT2D eigenvalue weighted by molar-refractivity contribution is 6.00. The van der Waals surface area contributed by atoms with Crippen molar-refractivity contribution in [1.82, 2.24) is 19.8 Å². The Balaban J connectivity index is 0.00000133. The number of halogens is 1. The number of carbonyl (C=O) groups is 1. The van der Waals surface area contributed by atoms with Gasteiger partial charge in [0.15, 0.2) is 0 Å². The van der Waals surface area contributed by atoms with Crippen LogP contribution in [0, 0.1) is 0 Å². The summed E-state index contributed by atoms with van der Waals surface area (Å²) in [5.41, 5.74) is 1.55. The number of amides is 1. The predicted molar refractivity (Wildman–Crippen MR) is 75.8 cm³/mol. The van der Waals surface area contributed by atoms with Crippen LogP contribution in [0.5, 0.6) is 0 Å². The number of hydrogen-bond acceptors (Lipinski definition) is 3. The molecule has 1 amide bonds. The maximum atomic E-state index is 12.5. The van der Waals surface area contributed by atoms with Gasteiger partial charge in [0.25, 0.3) is 5.91 Å². The number of rotatable bonds is 1. The zero-order valence-electron chi connectivity index (χ0n) is 10.7. The van der Waals surface area contributed by atoms with Crippen LogP contribution in [0.2, 0.25) is 0 Å². The van der Waals surface area contributed by atoms with E-state index in [9.17, 15) is 4.79 Å². The van der Waals surface area contributed by atoms with Gasteiger partial charge in [-0.3, -0.25) is 4.79 Å². The second-order valence-corrected chi connectivity index (χ2v) is 4.70. The number of nitrogens with one attached hydrogen (secondary N) is 1. The normalized spacial score (nSPS) is 19.2. The molecule has 1 aliphatic rings. The van der Waals surface area contributed by atoms with Gasteiger partial charge in [0.1, 0.15) is 0 Å². The Kier molecular flexibility index (Phi) is 4.07. The largest absolute Gasteiger partial charge is 0.336 e. The number of hydrogen-bond donors (Lipinski definition) is 1. The number of nitrogens with zero attached hydrogens (tertiary/aromatic N) is 3. The van der Waals surface area contributed by atoms with Crippen molar-refractivity contribution in [3.05, 3.63) is 36.2 Å². The summed E-state index contributed by atoms with van der Waals surface area (Å²) in [7, 11) is 0. The maximum absolute atomic E-state index is 12.5. The van der Waals surface area contributed by atoms with Crippen molar-refractivity contribution in [3.8, 4) is 0 Å². The van der Waals surface area contributed by atoms with E-state index in [0.29, 0.717) is 11.6 Å². The minimum Gasteiger partial charge on any atom is -0.336 e. The molecule has 1 unspecified atom stereocenters. The second-order valence-electron chi connectivity index (χ2n) is 4.70. The van der Waals surface area contributed by atoms with Gasteiger partial charge in [-0.2, -0.15) is 5.10 Å². The van der Waals surface area contributed by atoms with Gasteiger partial charge in [-0.15, -0.1) is 12.4 Å². The number of pyridine rings is 1. The summed E-state index contributed by atoms with van der Waals surface area (Å²) in [4.78, 5) is 14.4. The lowest BCUT2D eigenvalue weighted by Crippen LogP contribution is -2.51. The molecular formula is C13H17ClN4O. The third-order valence-corrected chi connectivity index (χ3v) is 3.31. The van der Waals surface area contributed by atoms with E-state index in [1.54, 1.807) is 10.7 Å². The van der Waals surface area contributed by atoms with E-state index in [1.807, 2.05) is 29.3 Å². The molecule has 1 N–H and O–H groups in total. The first kappa shape index (κ1) is 13.8. The molecule has 2 aromatic heterocycles. The summed E-state index contributed by atoms with van der Waals surface area (Å²) >= 11 is 0. The van der Waals surface area contributed by atoms with Crippen LogP contribution in [0.4, 0.5) is 0 Å². The number of fused-ring (bicyclic) bond motifs is 1. The topological polar surface area (TPSA) is 49.6 Å². The average Bonchev–Trinajstić information content (AvgIpc) is 2.82. The summed E-state index contributed by atoms with van der Waals surface area (Å²) in [5.74, 6) is 0.0737. The van der Waals surface area contributed by atoms with Crippen molar-refractivity contribution in [2.24, 2.45) is 0 Å². The van der Waals surface area contributed by atoms with Crippen molar-refractivity contribution in [2.45, 2.75) is 13.0 Å². The van der Waals surface area contributed by atoms with Crippen LogP contribution in [-0.4, -0.2) is 46.1 Å². The van der Waals surface area contributed by atoms with Gasteiger partial charge in [0.2, 0.25) is 0 Å². The summed E-state index contributed by atoms with van der Waals surface area (Å²) < 4.78 is 1.73. The Hall–Kier alpha value is -1.59. The molecule has 6 heteroatoms. The van der Waals surface area contributed by atoms with Crippen molar-refractivity contribution in [2.75, 3.05) is 19.6 Å². The first-order valence-electron chi connectivity index (χ1n) is 6.21. The van der Waals surface area contributed by atoms with E-state index in [2.05, 4.69) is 17.3 Å². The van der Waals surface area contributed by atoms with E-state index >= 15 is 0 Å². The average molecular weight is 281 g/mol. The smallest absolute Gasteiger partial charge is 0.257 e. The Morgan fingerprint density at radius 3 is 3.11 bits per heavy atom. The molecule has 1 saturated heterocycles. The molecule has 1 atom stereocenters. The van der Waals surface area contributed by atoms with E-state index in [0.717, 1.165) is 25.2 Å². The standard InChI is InChI=1S/C13H16N4O.ClH/c1-10-9-16(7-5-14-10)13(18)11-8-15-17-6-3-2-4-12(11)17;/h2-4,6,8,10,14H,5,7,9H2,1H3;1H. The molecule has 3 rings (SSSR count). The predicted octanol–water partition coefficient (Wildman–Crippen LogP) is 1.19. The van der Waals surface area contributed by atoms with Crippen LogP contribution < -0.4 is 5.32 Å². The van der Waals surface area contributed by atoms with Gasteiger partial charge in [-0.25, -0.2) is 4.52 Å². The van der Waals surface area contributed by atoms with Gasteiger partial charge in [-0.1, -0.05) is 6.07 Å². The van der Waals surface area contributed by atoms with Crippen LogP contribution in [0.1, 0.15) is 17.3 Å². The molecule has 0 aliphatic carbocycles. The lowest BCUT2D eigenvalue weighted by molar-refractivity contribution is 0.0711. The molecule has 5 nitrogen and oxygen atoms in total. The molecule has 2 aromatic rings. The zero-order chi connectivity index (χ0) is 12.5. The molecule has 3 heterocycles. The quantitative estimate of drug-likeness (QED) is 0.854. The monoisotopic (exact) mass is 280 g/mol. The number of carbonyl (C=O) groups excluding carboxylic acids is 1. The molecule has 1 fully saturated rings. The van der Waals surface area contributed by atoms with E-state index in [-0.39, 0.29) is 18.3 Å². The molecule has 0 radical (unpaired) electrons. The second kappa shape index (κ2) is 5.59. The molecular weight excluding hydrogens is 264 g/mol. The van der Waals surface area contributed by atoms with E-state index < -0.39 is 0 Å². The van der Waals surface area contributed by atoms with Gasteiger partial charge in [0, 0.05) is 31.9 Å². The fourth-order valence-corrected chi connectivity index (χ4v) is 2.39. The molecule has 19 heavy (non-hydrogen) atoms. The first-order valence-corrected chi connectivity index (χ1v) is 6.21. The van der Waals surface area contributed by atoms with Crippen molar-refractivity contribution < 1.29 is 4.79 Å². The van der Waals surface area contributed by atoms with E-state index in [4.69, 9.17) is 0 Å². The Morgan fingerprint density at radius 2 is 2.32 bits per heavy atom. The fourth-order valence-electron chi connectivity index (χ4n) is 2.39. The number of piperazine rings is 1. The molecule has 0 spiro atoms. The summed E-state index contributed by atoms with van der Waals surface area (Å²) in [6.45, 7) is 4.46. The summed E-state index contributed by atoms with van der Waals surface area (Å²) in [6, 6.07) is 6.10. The van der Waals surface area contributed by atoms with Crippen LogP contribution in [0.3, 0.4) is 0 Å². The maximum Gasteiger partial charge on any atom is 0.257 e. The highest BCUT2D eigenvalue weighted by atomic mass is 35.5. The van der Waals surface area contributed by atoms with Crippen LogP contribution in [-0.2, 0) is 0 Å². The Morgan fingerprint density at radius 1 is 1.47 bits per heavy atom. The zero-order valence-corrected chi connectivity index (χ0v) is 11.6. The SMILES string of the molecule is CC1CN(C(=O)c2cnn3ccccc23)CCN1.Cl. The first-order chi connectivity index (χ1) is 8.75. The third-order valence-electron chi connectivity index (χ3n) is 3.31. The summed E-state index contributed by atoms with van der Waals surface area (Å²) in [5, 5.41) is 7.54. The van der Waals surface area contributed by atoms with Crippen LogP contribution in [0.15, 0.2) is 30.6 Å². The minimum atomic E-state index is 0. The van der Waals surface area contributed by atoms with Crippen molar-refractivity contribution >= 4 is 23.8 Å². The van der Waals surface area contributed by atoms with Gasteiger partial charge < -0.3 is 10.2 Å². The lowest BCUT2D eigenvalue weighted by atomic mass is 10.2. The lowest BCUT2D eigenvalue weighted by Gasteiger charge is -2.31. The Bertz CT molecular complexity index is 583. The Labute approximate surface area is 118 Å². The highest BCUT2D eigenvalue weighted by Gasteiger charge is 2.23. The molecule has 0 saturated carbocycles. The van der Waals surface area contributed by atoms with Crippen LogP contribution >= 0.6 is 12.4 Å². The van der Waals surface area contributed by atoms with Gasteiger partial charge in [0.05, 0.1) is 17.3 Å². The third kappa shape index (κ3) is 2.57. The summed E-state index contributed by atoms with van der Waals surface area (Å²) in [6.07, 6.45) is 3.51. The highest BCUT2D eigenvalue weighted by Crippen LogP contribution is 2.14. The molecule has 1 aliphatic heterocycles. The molecule has 102 valence electrons. The van der Waals surface area contributed by atoms with Crippen molar-refractivity contribution in [3.63, 3.8) is 0 Å². The van der Waals surface area contributed by atoms with E-state index in [1.165, 1.54) is 0 Å². The number of aromatic nitrogens is 2. The van der Waals surface area contributed by atoms with Gasteiger partial charge in [-0.05, 0) is 19.1 Å². The molecule has 0 bridgehead atoms. The van der Waals surface area contributed by atoms with Crippen molar-refractivity contribution in [1.29, 1.82) is 0 Å². The van der Waals surface area contributed by atoms with Gasteiger partial charge >= 0.3 is 0 Å². The minimum absolute atomic E-state index is 0. The van der Waals surface area contributed by atoms with Crippen LogP contribution in [0.25, 0.3) is 5.52 Å². The fraction of sp³-hybridized carbons (Fsp3) is 0.385.